The van der Waals surface area contributed by atoms with Crippen molar-refractivity contribution in [1.29, 1.82) is 0 Å². The Kier molecular flexibility index (Phi) is 3.71. The molecule has 0 saturated heterocycles. The monoisotopic (exact) mass is 262 g/mol. The number of nitrogens with zero attached hydrogens (tertiary/aromatic N) is 3. The predicted molar refractivity (Wildman–Crippen MR) is 70.5 cm³/mol. The third-order valence-corrected chi connectivity index (χ3v) is 2.47. The Bertz CT molecular complexity index is 583. The van der Waals surface area contributed by atoms with E-state index in [0.717, 1.165) is 5.56 Å². The standard InChI is InChI=1S/C11H11ClN6/c12-8-3-1-2-7(4-8)9-5-10(16-6-15-9)11(13)17-18-14/h1-6,18H,14H2,(H2,13,17). The zero-order chi connectivity index (χ0) is 13.0. The van der Waals surface area contributed by atoms with E-state index >= 15 is 0 Å². The Morgan fingerprint density at radius 2 is 2.11 bits per heavy atom. The van der Waals surface area contributed by atoms with E-state index in [2.05, 4.69) is 20.6 Å². The van der Waals surface area contributed by atoms with Crippen LogP contribution in [-0.2, 0) is 0 Å². The Hall–Kier alpha value is -2.18. The summed E-state index contributed by atoms with van der Waals surface area (Å²) in [6.07, 6.45) is 1.41. The third kappa shape index (κ3) is 2.73. The van der Waals surface area contributed by atoms with Gasteiger partial charge < -0.3 is 5.73 Å². The van der Waals surface area contributed by atoms with Gasteiger partial charge >= 0.3 is 0 Å². The van der Waals surface area contributed by atoms with Crippen LogP contribution in [0.4, 0.5) is 0 Å². The molecule has 0 spiro atoms. The number of halogens is 1. The highest BCUT2D eigenvalue weighted by atomic mass is 35.5. The van der Waals surface area contributed by atoms with Crippen LogP contribution in [0.2, 0.25) is 5.02 Å². The van der Waals surface area contributed by atoms with Crippen molar-refractivity contribution in [3.63, 3.8) is 0 Å². The van der Waals surface area contributed by atoms with Crippen molar-refractivity contribution in [3.8, 4) is 11.3 Å². The third-order valence-electron chi connectivity index (χ3n) is 2.23. The number of hydrazine groups is 1. The van der Waals surface area contributed by atoms with Crippen LogP contribution >= 0.6 is 11.6 Å². The van der Waals surface area contributed by atoms with Crippen LogP contribution in [0, 0.1) is 0 Å². The summed E-state index contributed by atoms with van der Waals surface area (Å²) in [5.41, 5.74) is 9.85. The summed E-state index contributed by atoms with van der Waals surface area (Å²) in [7, 11) is 0. The van der Waals surface area contributed by atoms with Gasteiger partial charge in [-0.2, -0.15) is 0 Å². The molecule has 0 saturated carbocycles. The highest BCUT2D eigenvalue weighted by molar-refractivity contribution is 6.30. The second-order valence-corrected chi connectivity index (χ2v) is 3.86. The van der Waals surface area contributed by atoms with Crippen molar-refractivity contribution in [3.05, 3.63) is 47.4 Å². The number of nitrogens with two attached hydrogens (primary N) is 2. The van der Waals surface area contributed by atoms with Gasteiger partial charge in [0.1, 0.15) is 12.0 Å². The minimum absolute atomic E-state index is 0.183. The molecule has 2 rings (SSSR count). The first kappa shape index (κ1) is 12.3. The first-order valence-corrected chi connectivity index (χ1v) is 5.45. The SMILES string of the molecule is NNN=C(N)c1cc(-c2cccc(Cl)c2)ncn1. The molecule has 0 unspecified atom stereocenters. The molecule has 0 bridgehead atoms. The Morgan fingerprint density at radius 1 is 1.28 bits per heavy atom. The Morgan fingerprint density at radius 3 is 2.83 bits per heavy atom. The summed E-state index contributed by atoms with van der Waals surface area (Å²) in [5.74, 6) is 5.24. The van der Waals surface area contributed by atoms with Crippen LogP contribution in [0.25, 0.3) is 11.3 Å². The summed E-state index contributed by atoms with van der Waals surface area (Å²) >= 11 is 5.93. The van der Waals surface area contributed by atoms with Crippen molar-refractivity contribution in [2.24, 2.45) is 16.7 Å². The second kappa shape index (κ2) is 5.44. The van der Waals surface area contributed by atoms with Crippen LogP contribution in [0.3, 0.4) is 0 Å². The molecule has 1 aromatic carbocycles. The van der Waals surface area contributed by atoms with Gasteiger partial charge in [-0.3, -0.25) is 0 Å². The van der Waals surface area contributed by atoms with Crippen molar-refractivity contribution < 1.29 is 0 Å². The van der Waals surface area contributed by atoms with Crippen molar-refractivity contribution in [1.82, 2.24) is 15.5 Å². The molecular formula is C11H11ClN6. The summed E-state index contributed by atoms with van der Waals surface area (Å²) in [6, 6.07) is 9.05. The number of amidine groups is 1. The smallest absolute Gasteiger partial charge is 0.170 e. The first-order valence-electron chi connectivity index (χ1n) is 5.08. The molecule has 2 aromatic rings. The number of hydrogen-bond donors (Lipinski definition) is 3. The maximum Gasteiger partial charge on any atom is 0.170 e. The highest BCUT2D eigenvalue weighted by Gasteiger charge is 2.05. The predicted octanol–water partition coefficient (Wildman–Crippen LogP) is 0.881. The quantitative estimate of drug-likeness (QED) is 0.330. The van der Waals surface area contributed by atoms with Crippen LogP contribution in [0.1, 0.15) is 5.69 Å². The lowest BCUT2D eigenvalue weighted by Gasteiger charge is -2.04. The van der Waals surface area contributed by atoms with E-state index < -0.39 is 0 Å². The Labute approximate surface area is 109 Å². The van der Waals surface area contributed by atoms with Gasteiger partial charge in [-0.1, -0.05) is 23.7 Å². The van der Waals surface area contributed by atoms with Crippen LogP contribution in [-0.4, -0.2) is 15.8 Å². The molecule has 6 nitrogen and oxygen atoms in total. The molecule has 0 aliphatic carbocycles. The molecule has 1 heterocycles. The van der Waals surface area contributed by atoms with Gasteiger partial charge in [-0.05, 0) is 18.2 Å². The molecule has 0 aliphatic heterocycles. The van der Waals surface area contributed by atoms with E-state index in [1.807, 2.05) is 18.2 Å². The summed E-state index contributed by atoms with van der Waals surface area (Å²) in [5, 5.41) is 4.29. The molecule has 0 atom stereocenters. The first-order chi connectivity index (χ1) is 8.70. The van der Waals surface area contributed by atoms with E-state index in [-0.39, 0.29) is 5.84 Å². The number of rotatable bonds is 3. The zero-order valence-corrected chi connectivity index (χ0v) is 10.1. The van der Waals surface area contributed by atoms with E-state index in [9.17, 15) is 0 Å². The number of hydrazone groups is 1. The summed E-state index contributed by atoms with van der Waals surface area (Å²) < 4.78 is 0. The summed E-state index contributed by atoms with van der Waals surface area (Å²) in [6.45, 7) is 0. The van der Waals surface area contributed by atoms with Gasteiger partial charge in [-0.15, -0.1) is 5.10 Å². The molecule has 0 fully saturated rings. The highest BCUT2D eigenvalue weighted by Crippen LogP contribution is 2.20. The molecule has 0 radical (unpaired) electrons. The maximum absolute atomic E-state index is 5.93. The van der Waals surface area contributed by atoms with Gasteiger partial charge in [0.15, 0.2) is 5.84 Å². The van der Waals surface area contributed by atoms with Gasteiger partial charge in [0.05, 0.1) is 5.69 Å². The fraction of sp³-hybridized carbons (Fsp3) is 0. The molecule has 5 N–H and O–H groups in total. The maximum atomic E-state index is 5.93. The van der Waals surface area contributed by atoms with Crippen LogP contribution in [0.5, 0.6) is 0 Å². The lowest BCUT2D eigenvalue weighted by Crippen LogP contribution is -2.23. The average molecular weight is 263 g/mol. The Balaban J connectivity index is 2.41. The number of aromatic nitrogens is 2. The molecule has 0 amide bonds. The van der Waals surface area contributed by atoms with E-state index in [0.29, 0.717) is 16.4 Å². The minimum atomic E-state index is 0.183. The van der Waals surface area contributed by atoms with E-state index in [1.54, 1.807) is 12.1 Å². The van der Waals surface area contributed by atoms with Gasteiger partial charge in [0.25, 0.3) is 0 Å². The molecule has 0 aliphatic rings. The fourth-order valence-electron chi connectivity index (χ4n) is 1.43. The van der Waals surface area contributed by atoms with E-state index in [4.69, 9.17) is 23.2 Å². The molecule has 1 aromatic heterocycles. The minimum Gasteiger partial charge on any atom is -0.380 e. The van der Waals surface area contributed by atoms with Crippen molar-refractivity contribution in [2.45, 2.75) is 0 Å². The van der Waals surface area contributed by atoms with Crippen molar-refractivity contribution in [2.75, 3.05) is 0 Å². The number of nitrogens with one attached hydrogen (secondary N) is 1. The molecule has 18 heavy (non-hydrogen) atoms. The lowest BCUT2D eigenvalue weighted by molar-refractivity contribution is 0.802. The molecular weight excluding hydrogens is 252 g/mol. The second-order valence-electron chi connectivity index (χ2n) is 3.42. The molecule has 7 heteroatoms. The normalized spacial score (nSPS) is 11.3. The zero-order valence-electron chi connectivity index (χ0n) is 9.34. The number of hydrogen-bond acceptors (Lipinski definition) is 5. The number of benzene rings is 1. The van der Waals surface area contributed by atoms with Crippen LogP contribution in [0.15, 0.2) is 41.8 Å². The summed E-state index contributed by atoms with van der Waals surface area (Å²) in [4.78, 5) is 8.17. The molecule has 92 valence electrons. The van der Waals surface area contributed by atoms with Gasteiger partial charge in [-0.25, -0.2) is 21.3 Å². The largest absolute Gasteiger partial charge is 0.380 e. The van der Waals surface area contributed by atoms with Gasteiger partial charge in [0, 0.05) is 10.6 Å². The topological polar surface area (TPSA) is 102 Å². The average Bonchev–Trinajstić information content (AvgIpc) is 2.39. The lowest BCUT2D eigenvalue weighted by atomic mass is 10.1. The van der Waals surface area contributed by atoms with E-state index in [1.165, 1.54) is 6.33 Å². The van der Waals surface area contributed by atoms with Crippen molar-refractivity contribution >= 4 is 17.4 Å². The van der Waals surface area contributed by atoms with Gasteiger partial charge in [0.2, 0.25) is 0 Å². The van der Waals surface area contributed by atoms with Crippen LogP contribution < -0.4 is 17.1 Å². The fourth-order valence-corrected chi connectivity index (χ4v) is 1.62.